The van der Waals surface area contributed by atoms with Crippen LogP contribution in [0.4, 0.5) is 13.6 Å². The highest BCUT2D eigenvalue weighted by Crippen LogP contribution is 2.31. The topological polar surface area (TPSA) is 69.7 Å². The third-order valence-electron chi connectivity index (χ3n) is 5.43. The molecule has 2 saturated heterocycles. The Morgan fingerprint density at radius 3 is 2.53 bits per heavy atom. The molecule has 4 rings (SSSR count). The number of benzene rings is 2. The summed E-state index contributed by atoms with van der Waals surface area (Å²) in [4.78, 5) is 40.7. The van der Waals surface area contributed by atoms with Crippen molar-refractivity contribution in [2.75, 3.05) is 13.1 Å². The van der Waals surface area contributed by atoms with E-state index >= 15 is 0 Å². The maximum Gasteiger partial charge on any atom is 0.325 e. The van der Waals surface area contributed by atoms with Gasteiger partial charge in [0.1, 0.15) is 22.7 Å². The van der Waals surface area contributed by atoms with Gasteiger partial charge in [0.25, 0.3) is 11.8 Å². The molecule has 0 aromatic heterocycles. The summed E-state index contributed by atoms with van der Waals surface area (Å²) in [6.07, 6.45) is 0.728. The summed E-state index contributed by atoms with van der Waals surface area (Å²) in [5.74, 6) is -3.26. The van der Waals surface area contributed by atoms with E-state index in [9.17, 15) is 23.2 Å². The van der Waals surface area contributed by atoms with E-state index in [4.69, 9.17) is 11.6 Å². The van der Waals surface area contributed by atoms with Crippen LogP contribution in [0.15, 0.2) is 42.5 Å². The number of halogens is 3. The standard InChI is InChI=1S/C21H18ClF2N3O3/c22-14-5-1-4-13(10-14)11-27-19(29)21(25-20(27)30)8-3-9-26(12-21)18(28)17-15(23)6-2-7-16(17)24/h1-2,4-7,10H,3,8-9,11-12H2,(H,25,30)/t21-/m0/s1. The summed E-state index contributed by atoms with van der Waals surface area (Å²) < 4.78 is 28.1. The summed E-state index contributed by atoms with van der Waals surface area (Å²) >= 11 is 5.97. The Hall–Kier alpha value is -3.00. The molecule has 2 aliphatic heterocycles. The van der Waals surface area contributed by atoms with Gasteiger partial charge < -0.3 is 10.2 Å². The van der Waals surface area contributed by atoms with Crippen molar-refractivity contribution >= 4 is 29.4 Å². The van der Waals surface area contributed by atoms with E-state index in [0.717, 1.165) is 17.0 Å². The molecule has 6 nitrogen and oxygen atoms in total. The average molecular weight is 434 g/mol. The molecule has 2 aromatic rings. The minimum absolute atomic E-state index is 0.0306. The molecule has 0 radical (unpaired) electrons. The molecule has 9 heteroatoms. The molecule has 2 aromatic carbocycles. The van der Waals surface area contributed by atoms with Crippen molar-refractivity contribution in [1.29, 1.82) is 0 Å². The molecule has 156 valence electrons. The molecule has 0 aliphatic carbocycles. The summed E-state index contributed by atoms with van der Waals surface area (Å²) in [5, 5.41) is 3.17. The number of nitrogens with one attached hydrogen (secondary N) is 1. The number of likely N-dealkylation sites (tertiary alicyclic amines) is 1. The largest absolute Gasteiger partial charge is 0.336 e. The van der Waals surface area contributed by atoms with Crippen molar-refractivity contribution < 1.29 is 23.2 Å². The molecule has 4 amide bonds. The van der Waals surface area contributed by atoms with Gasteiger partial charge >= 0.3 is 6.03 Å². The van der Waals surface area contributed by atoms with Crippen LogP contribution < -0.4 is 5.32 Å². The fourth-order valence-electron chi connectivity index (χ4n) is 4.00. The van der Waals surface area contributed by atoms with E-state index in [1.807, 2.05) is 0 Å². The number of amides is 4. The first-order valence-electron chi connectivity index (χ1n) is 9.42. The molecular weight excluding hydrogens is 416 g/mol. The van der Waals surface area contributed by atoms with Crippen LogP contribution in [0, 0.1) is 11.6 Å². The van der Waals surface area contributed by atoms with E-state index in [0.29, 0.717) is 23.4 Å². The second-order valence-corrected chi connectivity index (χ2v) is 7.90. The van der Waals surface area contributed by atoms with Crippen molar-refractivity contribution in [2.24, 2.45) is 0 Å². The van der Waals surface area contributed by atoms with E-state index in [-0.39, 0.29) is 19.6 Å². The van der Waals surface area contributed by atoms with Gasteiger partial charge in [-0.1, -0.05) is 29.8 Å². The molecule has 2 aliphatic rings. The number of hydrogen-bond acceptors (Lipinski definition) is 3. The SMILES string of the molecule is O=C(c1c(F)cccc1F)N1CCC[C@@]2(C1)NC(=O)N(Cc1cccc(Cl)c1)C2=O. The number of carbonyl (C=O) groups excluding carboxylic acids is 3. The number of urea groups is 1. The molecule has 2 heterocycles. The molecule has 1 N–H and O–H groups in total. The van der Waals surface area contributed by atoms with Gasteiger partial charge in [-0.15, -0.1) is 0 Å². The van der Waals surface area contributed by atoms with Gasteiger partial charge in [-0.05, 0) is 42.7 Å². The van der Waals surface area contributed by atoms with E-state index in [1.54, 1.807) is 24.3 Å². The van der Waals surface area contributed by atoms with E-state index < -0.39 is 40.6 Å². The Bertz CT molecular complexity index is 1030. The average Bonchev–Trinajstić information content (AvgIpc) is 2.92. The zero-order valence-corrected chi connectivity index (χ0v) is 16.6. The van der Waals surface area contributed by atoms with Gasteiger partial charge in [-0.2, -0.15) is 0 Å². The van der Waals surface area contributed by atoms with E-state index in [2.05, 4.69) is 5.32 Å². The molecule has 2 fully saturated rings. The quantitative estimate of drug-likeness (QED) is 0.755. The van der Waals surface area contributed by atoms with Crippen LogP contribution in [0.3, 0.4) is 0 Å². The normalized spacial score (nSPS) is 21.3. The summed E-state index contributed by atoms with van der Waals surface area (Å²) in [6.45, 7) is 0.102. The Labute approximate surface area is 176 Å². The van der Waals surface area contributed by atoms with Crippen LogP contribution in [0.1, 0.15) is 28.8 Å². The van der Waals surface area contributed by atoms with Crippen molar-refractivity contribution in [3.05, 3.63) is 70.2 Å². The van der Waals surface area contributed by atoms with Gasteiger partial charge in [-0.3, -0.25) is 14.5 Å². The third kappa shape index (κ3) is 3.52. The lowest BCUT2D eigenvalue weighted by Crippen LogP contribution is -2.59. The summed E-state index contributed by atoms with van der Waals surface area (Å²) in [5.41, 5.74) is -1.30. The van der Waals surface area contributed by atoms with Gasteiger partial charge in [0.05, 0.1) is 13.1 Å². The molecule has 0 unspecified atom stereocenters. The zero-order chi connectivity index (χ0) is 21.5. The predicted octanol–water partition coefficient (Wildman–Crippen LogP) is 3.35. The van der Waals surface area contributed by atoms with E-state index in [1.165, 1.54) is 11.0 Å². The summed E-state index contributed by atoms with van der Waals surface area (Å²) in [7, 11) is 0. The van der Waals surface area contributed by atoms with Crippen LogP contribution in [0.25, 0.3) is 0 Å². The molecular formula is C21H18ClF2N3O3. The van der Waals surface area contributed by atoms with Crippen LogP contribution in [0.2, 0.25) is 5.02 Å². The van der Waals surface area contributed by atoms with Crippen LogP contribution in [-0.4, -0.2) is 46.3 Å². The first kappa shape index (κ1) is 20.3. The highest BCUT2D eigenvalue weighted by molar-refractivity contribution is 6.30. The molecule has 1 atom stereocenters. The lowest BCUT2D eigenvalue weighted by Gasteiger charge is -2.38. The predicted molar refractivity (Wildman–Crippen MR) is 105 cm³/mol. The fourth-order valence-corrected chi connectivity index (χ4v) is 4.22. The highest BCUT2D eigenvalue weighted by atomic mass is 35.5. The molecule has 0 saturated carbocycles. The number of imide groups is 1. The first-order valence-corrected chi connectivity index (χ1v) is 9.80. The number of rotatable bonds is 3. The van der Waals surface area contributed by atoms with Crippen LogP contribution in [0.5, 0.6) is 0 Å². The van der Waals surface area contributed by atoms with Crippen molar-refractivity contribution in [2.45, 2.75) is 24.9 Å². The maximum absolute atomic E-state index is 14.1. The minimum Gasteiger partial charge on any atom is -0.336 e. The molecule has 30 heavy (non-hydrogen) atoms. The smallest absolute Gasteiger partial charge is 0.325 e. The highest BCUT2D eigenvalue weighted by Gasteiger charge is 2.53. The zero-order valence-electron chi connectivity index (χ0n) is 15.8. The number of hydrogen-bond donors (Lipinski definition) is 1. The lowest BCUT2D eigenvalue weighted by atomic mass is 9.88. The fraction of sp³-hybridized carbons (Fsp3) is 0.286. The van der Waals surface area contributed by atoms with Crippen LogP contribution >= 0.6 is 11.6 Å². The molecule has 1 spiro atoms. The second-order valence-electron chi connectivity index (χ2n) is 7.46. The summed E-state index contributed by atoms with van der Waals surface area (Å²) in [6, 6.07) is 9.41. The van der Waals surface area contributed by atoms with Crippen molar-refractivity contribution in [1.82, 2.24) is 15.1 Å². The van der Waals surface area contributed by atoms with Crippen LogP contribution in [-0.2, 0) is 11.3 Å². The Morgan fingerprint density at radius 1 is 1.13 bits per heavy atom. The van der Waals surface area contributed by atoms with Gasteiger partial charge in [-0.25, -0.2) is 13.6 Å². The second kappa shape index (κ2) is 7.68. The number of piperidine rings is 1. The molecule has 0 bridgehead atoms. The Balaban J connectivity index is 1.56. The maximum atomic E-state index is 14.1. The monoisotopic (exact) mass is 433 g/mol. The van der Waals surface area contributed by atoms with Gasteiger partial charge in [0.15, 0.2) is 0 Å². The first-order chi connectivity index (χ1) is 14.3. The number of nitrogens with zero attached hydrogens (tertiary/aromatic N) is 2. The Morgan fingerprint density at radius 2 is 1.83 bits per heavy atom. The van der Waals surface area contributed by atoms with Gasteiger partial charge in [0, 0.05) is 11.6 Å². The number of carbonyl (C=O) groups is 3. The van der Waals surface area contributed by atoms with Crippen molar-refractivity contribution in [3.8, 4) is 0 Å². The lowest BCUT2D eigenvalue weighted by molar-refractivity contribution is -0.133. The minimum atomic E-state index is -1.31. The Kier molecular flexibility index (Phi) is 5.19. The van der Waals surface area contributed by atoms with Crippen molar-refractivity contribution in [3.63, 3.8) is 0 Å². The third-order valence-corrected chi connectivity index (χ3v) is 5.67. The van der Waals surface area contributed by atoms with Gasteiger partial charge in [0.2, 0.25) is 0 Å².